The Morgan fingerprint density at radius 2 is 1.85 bits per heavy atom. The molecule has 10 nitrogen and oxygen atoms in total. The van der Waals surface area contributed by atoms with Crippen LogP contribution in [0.25, 0.3) is 5.76 Å². The summed E-state index contributed by atoms with van der Waals surface area (Å²) in [5.41, 5.74) is 3.02. The molecule has 1 aromatic carbocycles. The van der Waals surface area contributed by atoms with E-state index in [1.54, 1.807) is 21.0 Å². The van der Waals surface area contributed by atoms with Crippen molar-refractivity contribution >= 4 is 29.0 Å². The van der Waals surface area contributed by atoms with Gasteiger partial charge in [-0.1, -0.05) is 6.92 Å². The van der Waals surface area contributed by atoms with Crippen molar-refractivity contribution in [2.45, 2.75) is 43.9 Å². The van der Waals surface area contributed by atoms with E-state index >= 15 is 0 Å². The molecule has 1 aromatic rings. The number of primary amides is 1. The normalized spacial score (nSPS) is 32.8. The summed E-state index contributed by atoms with van der Waals surface area (Å²) in [6.45, 7) is 1.68. The molecule has 2 unspecified atom stereocenters. The van der Waals surface area contributed by atoms with Crippen molar-refractivity contribution in [1.29, 1.82) is 0 Å². The zero-order valence-electron chi connectivity index (χ0n) is 19.1. The summed E-state index contributed by atoms with van der Waals surface area (Å²) in [6, 6.07) is 1.75. The molecule has 6 N–H and O–H groups in total. The summed E-state index contributed by atoms with van der Waals surface area (Å²) in [4.78, 5) is 53.0. The van der Waals surface area contributed by atoms with Crippen molar-refractivity contribution in [3.05, 3.63) is 34.4 Å². The number of hydrogen-bond acceptors (Lipinski definition) is 9. The highest BCUT2D eigenvalue weighted by atomic mass is 16.3. The number of likely N-dealkylation sites (N-methyl/N-ethyl adjacent to an activating group) is 1. The van der Waals surface area contributed by atoms with E-state index in [4.69, 9.17) is 5.73 Å². The Morgan fingerprint density at radius 1 is 1.21 bits per heavy atom. The lowest BCUT2D eigenvalue weighted by Crippen LogP contribution is -2.73. The predicted octanol–water partition coefficient (Wildman–Crippen LogP) is -0.278. The molecule has 1 amide bonds. The van der Waals surface area contributed by atoms with Crippen LogP contribution in [-0.4, -0.2) is 80.4 Å². The molecular formula is C24H28N2O8. The molecule has 0 spiro atoms. The number of nitrogens with two attached hydrogens (primary N) is 1. The third-order valence-electron chi connectivity index (χ3n) is 7.59. The van der Waals surface area contributed by atoms with Crippen molar-refractivity contribution in [3.63, 3.8) is 0 Å². The van der Waals surface area contributed by atoms with Gasteiger partial charge in [0.1, 0.15) is 17.4 Å². The van der Waals surface area contributed by atoms with Gasteiger partial charge < -0.3 is 31.1 Å². The highest BCUT2D eigenvalue weighted by molar-refractivity contribution is 6.25. The molecule has 2 saturated carbocycles. The fourth-order valence-electron chi connectivity index (χ4n) is 6.06. The maximum atomic E-state index is 13.7. The van der Waals surface area contributed by atoms with E-state index in [9.17, 15) is 39.6 Å². The highest BCUT2D eigenvalue weighted by Crippen LogP contribution is 2.52. The third-order valence-corrected chi connectivity index (χ3v) is 7.59. The molecule has 0 radical (unpaired) electrons. The minimum atomic E-state index is -2.70. The summed E-state index contributed by atoms with van der Waals surface area (Å²) in [6.07, 6.45) is -1.24. The van der Waals surface area contributed by atoms with Crippen LogP contribution in [-0.2, 0) is 20.8 Å². The monoisotopic (exact) mass is 472 g/mol. The van der Waals surface area contributed by atoms with Gasteiger partial charge in [0.2, 0.25) is 11.7 Å². The number of ketones is 3. The zero-order chi connectivity index (χ0) is 25.3. The largest absolute Gasteiger partial charge is 0.507 e. The van der Waals surface area contributed by atoms with E-state index in [2.05, 4.69) is 0 Å². The number of nitrogens with zero attached hydrogens (tertiary/aromatic N) is 1. The number of benzene rings is 1. The quantitative estimate of drug-likeness (QED) is 0.291. The van der Waals surface area contributed by atoms with Gasteiger partial charge in [-0.25, -0.2) is 0 Å². The van der Waals surface area contributed by atoms with Crippen LogP contribution >= 0.6 is 0 Å². The lowest BCUT2D eigenvalue weighted by Gasteiger charge is -2.53. The van der Waals surface area contributed by atoms with Crippen molar-refractivity contribution in [2.75, 3.05) is 14.1 Å². The van der Waals surface area contributed by atoms with Crippen LogP contribution in [0.1, 0.15) is 41.3 Å². The first kappa shape index (κ1) is 24.1. The van der Waals surface area contributed by atoms with Gasteiger partial charge in [0.15, 0.2) is 17.2 Å². The Bertz CT molecular complexity index is 1160. The van der Waals surface area contributed by atoms with Crippen molar-refractivity contribution in [1.82, 2.24) is 4.90 Å². The third kappa shape index (κ3) is 3.05. The number of phenols is 1. The second kappa shape index (κ2) is 8.00. The number of aliphatic hydroxyl groups excluding tert-OH is 2. The fourth-order valence-corrected chi connectivity index (χ4v) is 6.06. The van der Waals surface area contributed by atoms with E-state index in [1.165, 1.54) is 17.0 Å². The van der Waals surface area contributed by atoms with Crippen LogP contribution in [0.2, 0.25) is 0 Å². The zero-order valence-corrected chi connectivity index (χ0v) is 19.1. The number of carbonyl (C=O) groups is 4. The SMILES string of the molecule is CCC(=O)c1ccc(O)c2c1C[C@H]1C[C@H]3[C@H](N(C)C)C(O)C(C(N)=O)C(=O)[C@@]3(O)C(=O)C1=C2O. The molecule has 2 fully saturated rings. The number of aliphatic hydroxyl groups is 3. The van der Waals surface area contributed by atoms with Gasteiger partial charge in [-0.3, -0.25) is 19.2 Å². The van der Waals surface area contributed by atoms with Gasteiger partial charge in [-0.15, -0.1) is 0 Å². The first-order valence-corrected chi connectivity index (χ1v) is 11.1. The summed E-state index contributed by atoms with van der Waals surface area (Å²) in [5.74, 6) is -8.22. The Kier molecular flexibility index (Phi) is 5.66. The van der Waals surface area contributed by atoms with Crippen LogP contribution in [0.15, 0.2) is 17.7 Å². The molecule has 0 saturated heterocycles. The maximum absolute atomic E-state index is 13.7. The van der Waals surface area contributed by atoms with Gasteiger partial charge in [-0.2, -0.15) is 0 Å². The molecule has 6 atom stereocenters. The number of aromatic hydroxyl groups is 1. The van der Waals surface area contributed by atoms with Crippen molar-refractivity contribution < 1.29 is 39.6 Å². The van der Waals surface area contributed by atoms with Gasteiger partial charge in [0.25, 0.3) is 0 Å². The molecule has 10 heteroatoms. The molecule has 0 aromatic heterocycles. The van der Waals surface area contributed by atoms with Gasteiger partial charge in [0.05, 0.1) is 11.7 Å². The number of phenolic OH excluding ortho intramolecular Hbond substituents is 1. The fraction of sp³-hybridized carbons (Fsp3) is 0.500. The molecule has 3 aliphatic rings. The standard InChI is InChI=1S/C24H28N2O8/c1-4-13(27)10-5-6-14(28)16-11(10)7-9-8-12-18(26(2)3)20(30)17(23(25)33)22(32)24(12,34)21(31)15(9)19(16)29/h5-6,9,12,17-18,20,28-30,34H,4,7-8H2,1-3H3,(H2,25,33)/t9-,12-,17?,18-,20?,24-/m0/s1. The lowest BCUT2D eigenvalue weighted by molar-refractivity contribution is -0.184. The Hall–Kier alpha value is -3.08. The topological polar surface area (TPSA) is 178 Å². The molecule has 0 aliphatic heterocycles. The van der Waals surface area contributed by atoms with Gasteiger partial charge in [0, 0.05) is 29.5 Å². The Labute approximate surface area is 195 Å². The van der Waals surface area contributed by atoms with Crippen LogP contribution in [0.5, 0.6) is 5.75 Å². The van der Waals surface area contributed by atoms with Gasteiger partial charge >= 0.3 is 0 Å². The molecule has 182 valence electrons. The molecule has 4 rings (SSSR count). The van der Waals surface area contributed by atoms with Crippen LogP contribution < -0.4 is 5.73 Å². The minimum absolute atomic E-state index is 0.00755. The molecule has 34 heavy (non-hydrogen) atoms. The van der Waals surface area contributed by atoms with Gasteiger partial charge in [-0.05, 0) is 50.6 Å². The first-order valence-electron chi connectivity index (χ1n) is 11.1. The molecule has 3 aliphatic carbocycles. The summed E-state index contributed by atoms with van der Waals surface area (Å²) < 4.78 is 0. The second-order valence-electron chi connectivity index (χ2n) is 9.55. The lowest BCUT2D eigenvalue weighted by atomic mass is 9.54. The Morgan fingerprint density at radius 3 is 2.41 bits per heavy atom. The van der Waals surface area contributed by atoms with Crippen LogP contribution in [0.4, 0.5) is 0 Å². The Balaban J connectivity index is 1.94. The molecular weight excluding hydrogens is 444 g/mol. The average molecular weight is 472 g/mol. The minimum Gasteiger partial charge on any atom is -0.507 e. The molecule has 0 bridgehead atoms. The van der Waals surface area contributed by atoms with Crippen molar-refractivity contribution in [3.8, 4) is 5.75 Å². The summed E-state index contributed by atoms with van der Waals surface area (Å²) in [5, 5.41) is 43.9. The van der Waals surface area contributed by atoms with E-state index in [-0.39, 0.29) is 41.9 Å². The smallest absolute Gasteiger partial charge is 0.230 e. The number of fused-ring (bicyclic) bond motifs is 3. The number of rotatable bonds is 4. The molecule has 0 heterocycles. The average Bonchev–Trinajstić information content (AvgIpc) is 2.75. The van der Waals surface area contributed by atoms with E-state index < -0.39 is 58.7 Å². The number of Topliss-reactive ketones (excluding diaryl/α,β-unsaturated/α-hetero) is 3. The summed E-state index contributed by atoms with van der Waals surface area (Å²) >= 11 is 0. The van der Waals surface area contributed by atoms with Crippen LogP contribution in [0, 0.1) is 17.8 Å². The van der Waals surface area contributed by atoms with Crippen LogP contribution in [0.3, 0.4) is 0 Å². The first-order chi connectivity index (χ1) is 15.9. The highest BCUT2D eigenvalue weighted by Gasteiger charge is 2.67. The van der Waals surface area contributed by atoms with E-state index in [1.807, 2.05) is 0 Å². The maximum Gasteiger partial charge on any atom is 0.230 e. The summed E-state index contributed by atoms with van der Waals surface area (Å²) in [7, 11) is 3.17. The number of amides is 1. The van der Waals surface area contributed by atoms with Crippen molar-refractivity contribution in [2.24, 2.45) is 23.5 Å². The predicted molar refractivity (Wildman–Crippen MR) is 119 cm³/mol. The number of carbonyl (C=O) groups excluding carboxylic acids is 4. The second-order valence-corrected chi connectivity index (χ2v) is 9.55. The van der Waals surface area contributed by atoms with E-state index in [0.717, 1.165) is 0 Å². The van der Waals surface area contributed by atoms with E-state index in [0.29, 0.717) is 11.1 Å². The number of hydrogen-bond donors (Lipinski definition) is 5.